The van der Waals surface area contributed by atoms with Crippen molar-refractivity contribution in [1.82, 2.24) is 9.55 Å². The Hall–Kier alpha value is -0.870. The van der Waals surface area contributed by atoms with Gasteiger partial charge in [0.05, 0.1) is 16.9 Å². The minimum absolute atomic E-state index is 0.406. The van der Waals surface area contributed by atoms with E-state index in [1.54, 1.807) is 6.26 Å². The third kappa shape index (κ3) is 2.93. The number of nitrogens with zero attached hydrogens (tertiary/aromatic N) is 2. The first-order valence-corrected chi connectivity index (χ1v) is 8.19. The van der Waals surface area contributed by atoms with Crippen molar-refractivity contribution in [3.05, 3.63) is 29.6 Å². The zero-order valence-electron chi connectivity index (χ0n) is 10.6. The van der Waals surface area contributed by atoms with Crippen molar-refractivity contribution in [2.45, 2.75) is 25.8 Å². The van der Waals surface area contributed by atoms with Crippen molar-refractivity contribution in [1.29, 1.82) is 0 Å². The van der Waals surface area contributed by atoms with Gasteiger partial charge in [-0.2, -0.15) is 0 Å². The predicted molar refractivity (Wildman–Crippen MR) is 77.6 cm³/mol. The number of imidazole rings is 1. The van der Waals surface area contributed by atoms with Gasteiger partial charge >= 0.3 is 0 Å². The van der Waals surface area contributed by atoms with Crippen molar-refractivity contribution in [2.75, 3.05) is 12.0 Å². The molecule has 98 valence electrons. The number of rotatable bonds is 5. The lowest BCUT2D eigenvalue weighted by Crippen LogP contribution is -2.06. The Bertz CT molecular complexity index is 580. The molecule has 1 aromatic heterocycles. The first-order chi connectivity index (χ1) is 8.61. The van der Waals surface area contributed by atoms with Crippen LogP contribution in [-0.2, 0) is 23.2 Å². The van der Waals surface area contributed by atoms with Crippen LogP contribution in [0.25, 0.3) is 11.0 Å². The highest BCUT2D eigenvalue weighted by atomic mass is 35.5. The predicted octanol–water partition coefficient (Wildman–Crippen LogP) is 2.85. The Kier molecular flexibility index (Phi) is 4.40. The molecule has 0 radical (unpaired) electrons. The Labute approximate surface area is 115 Å². The van der Waals surface area contributed by atoms with E-state index in [1.165, 1.54) is 5.56 Å². The van der Waals surface area contributed by atoms with Crippen LogP contribution in [0.15, 0.2) is 18.2 Å². The number of benzene rings is 1. The normalized spacial score (nSPS) is 13.1. The van der Waals surface area contributed by atoms with Gasteiger partial charge in [-0.3, -0.25) is 4.21 Å². The van der Waals surface area contributed by atoms with Crippen molar-refractivity contribution in [2.24, 2.45) is 0 Å². The van der Waals surface area contributed by atoms with E-state index in [4.69, 9.17) is 11.6 Å². The van der Waals surface area contributed by atoms with E-state index in [0.29, 0.717) is 11.6 Å². The van der Waals surface area contributed by atoms with Gasteiger partial charge in [0.15, 0.2) is 0 Å². The molecule has 5 heteroatoms. The van der Waals surface area contributed by atoms with Gasteiger partial charge in [-0.05, 0) is 31.0 Å². The summed E-state index contributed by atoms with van der Waals surface area (Å²) in [6, 6.07) is 6.20. The van der Waals surface area contributed by atoms with E-state index < -0.39 is 10.8 Å². The molecular formula is C13H17ClN2OS. The van der Waals surface area contributed by atoms with Crippen LogP contribution in [0.5, 0.6) is 0 Å². The highest BCUT2D eigenvalue weighted by Crippen LogP contribution is 2.19. The average molecular weight is 285 g/mol. The van der Waals surface area contributed by atoms with Crippen LogP contribution in [0.4, 0.5) is 0 Å². The SMILES string of the molecule is Cc1ccc2nc(CCl)n(CCCS(C)=O)c2c1. The zero-order valence-corrected chi connectivity index (χ0v) is 12.2. The summed E-state index contributed by atoms with van der Waals surface area (Å²) >= 11 is 5.94. The van der Waals surface area contributed by atoms with E-state index in [-0.39, 0.29) is 0 Å². The minimum Gasteiger partial charge on any atom is -0.327 e. The van der Waals surface area contributed by atoms with Crippen molar-refractivity contribution >= 4 is 33.4 Å². The number of aryl methyl sites for hydroxylation is 2. The number of hydrogen-bond acceptors (Lipinski definition) is 2. The lowest BCUT2D eigenvalue weighted by molar-refractivity contribution is 0.657. The van der Waals surface area contributed by atoms with E-state index in [2.05, 4.69) is 28.6 Å². The quantitative estimate of drug-likeness (QED) is 0.792. The fourth-order valence-electron chi connectivity index (χ4n) is 2.06. The molecule has 3 nitrogen and oxygen atoms in total. The first-order valence-electron chi connectivity index (χ1n) is 5.93. The molecule has 2 aromatic rings. The van der Waals surface area contributed by atoms with Gasteiger partial charge in [0.2, 0.25) is 0 Å². The molecule has 1 atom stereocenters. The van der Waals surface area contributed by atoms with Crippen LogP contribution >= 0.6 is 11.6 Å². The van der Waals surface area contributed by atoms with Crippen molar-refractivity contribution in [3.63, 3.8) is 0 Å². The molecule has 0 aliphatic rings. The summed E-state index contributed by atoms with van der Waals surface area (Å²) in [6.07, 6.45) is 2.62. The molecule has 1 unspecified atom stereocenters. The van der Waals surface area contributed by atoms with Crippen LogP contribution in [-0.4, -0.2) is 25.8 Å². The van der Waals surface area contributed by atoms with Gasteiger partial charge in [0.1, 0.15) is 5.82 Å². The molecule has 0 amide bonds. The average Bonchev–Trinajstić information content (AvgIpc) is 2.66. The molecule has 0 N–H and O–H groups in total. The molecule has 1 aromatic carbocycles. The maximum atomic E-state index is 11.1. The van der Waals surface area contributed by atoms with E-state index in [1.807, 2.05) is 6.07 Å². The van der Waals surface area contributed by atoms with Crippen LogP contribution in [0.3, 0.4) is 0 Å². The Morgan fingerprint density at radius 3 is 2.89 bits per heavy atom. The van der Waals surface area contributed by atoms with Crippen molar-refractivity contribution < 1.29 is 4.21 Å². The highest BCUT2D eigenvalue weighted by molar-refractivity contribution is 7.84. The standard InChI is InChI=1S/C13H17ClN2OS/c1-10-4-5-11-12(8-10)16(13(9-14)15-11)6-3-7-18(2)17/h4-5,8H,3,6-7,9H2,1-2H3. The monoisotopic (exact) mass is 284 g/mol. The molecule has 0 saturated carbocycles. The second-order valence-electron chi connectivity index (χ2n) is 4.44. The second kappa shape index (κ2) is 5.85. The van der Waals surface area contributed by atoms with E-state index >= 15 is 0 Å². The molecule has 18 heavy (non-hydrogen) atoms. The number of aromatic nitrogens is 2. The van der Waals surface area contributed by atoms with Gasteiger partial charge in [0, 0.05) is 29.4 Å². The summed E-state index contributed by atoms with van der Waals surface area (Å²) in [4.78, 5) is 4.53. The Morgan fingerprint density at radius 2 is 2.22 bits per heavy atom. The maximum Gasteiger partial charge on any atom is 0.124 e. The van der Waals surface area contributed by atoms with E-state index in [0.717, 1.165) is 29.8 Å². The third-order valence-corrected chi connectivity index (χ3v) is 4.02. The summed E-state index contributed by atoms with van der Waals surface area (Å²) in [7, 11) is -0.740. The topological polar surface area (TPSA) is 34.9 Å². The Morgan fingerprint density at radius 1 is 1.44 bits per heavy atom. The van der Waals surface area contributed by atoms with Gasteiger partial charge < -0.3 is 4.57 Å². The van der Waals surface area contributed by atoms with Crippen molar-refractivity contribution in [3.8, 4) is 0 Å². The summed E-state index contributed by atoms with van der Waals surface area (Å²) in [6.45, 7) is 2.89. The molecule has 2 rings (SSSR count). The summed E-state index contributed by atoms with van der Waals surface area (Å²) in [5, 5.41) is 0. The first kappa shape index (κ1) is 13.6. The maximum absolute atomic E-state index is 11.1. The summed E-state index contributed by atoms with van der Waals surface area (Å²) in [5.41, 5.74) is 3.31. The zero-order chi connectivity index (χ0) is 13.1. The number of halogens is 1. The molecule has 0 aliphatic heterocycles. The lowest BCUT2D eigenvalue weighted by Gasteiger charge is -2.07. The smallest absolute Gasteiger partial charge is 0.124 e. The van der Waals surface area contributed by atoms with Gasteiger partial charge in [0.25, 0.3) is 0 Å². The fourth-order valence-corrected chi connectivity index (χ4v) is 2.80. The van der Waals surface area contributed by atoms with E-state index in [9.17, 15) is 4.21 Å². The summed E-state index contributed by atoms with van der Waals surface area (Å²) < 4.78 is 13.2. The van der Waals surface area contributed by atoms with Gasteiger partial charge in [-0.1, -0.05) is 6.07 Å². The van der Waals surface area contributed by atoms with Crippen LogP contribution < -0.4 is 0 Å². The highest BCUT2D eigenvalue weighted by Gasteiger charge is 2.09. The van der Waals surface area contributed by atoms with Crippen LogP contribution in [0.2, 0.25) is 0 Å². The third-order valence-electron chi connectivity index (χ3n) is 2.92. The lowest BCUT2D eigenvalue weighted by atomic mass is 10.2. The fraction of sp³-hybridized carbons (Fsp3) is 0.462. The molecule has 1 heterocycles. The Balaban J connectivity index is 2.33. The molecule has 0 bridgehead atoms. The summed E-state index contributed by atoms with van der Waals surface area (Å²) in [5.74, 6) is 2.01. The van der Waals surface area contributed by atoms with Crippen LogP contribution in [0.1, 0.15) is 17.8 Å². The molecule has 0 saturated heterocycles. The molecule has 0 aliphatic carbocycles. The number of hydrogen-bond donors (Lipinski definition) is 0. The number of fused-ring (bicyclic) bond motifs is 1. The van der Waals surface area contributed by atoms with Crippen LogP contribution in [0, 0.1) is 6.92 Å². The molecule has 0 fully saturated rings. The number of alkyl halides is 1. The largest absolute Gasteiger partial charge is 0.327 e. The van der Waals surface area contributed by atoms with Gasteiger partial charge in [-0.25, -0.2) is 4.98 Å². The van der Waals surface area contributed by atoms with Gasteiger partial charge in [-0.15, -0.1) is 11.6 Å². The molecule has 0 spiro atoms. The molecular weight excluding hydrogens is 268 g/mol. The second-order valence-corrected chi connectivity index (χ2v) is 6.26. The minimum atomic E-state index is -0.740.